The monoisotopic (exact) mass is 243 g/mol. The van der Waals surface area contributed by atoms with Gasteiger partial charge in [0, 0.05) is 19.3 Å². The Kier molecular flexibility index (Phi) is 12.3. The van der Waals surface area contributed by atoms with Gasteiger partial charge >= 0.3 is 0 Å². The third-order valence-corrected chi connectivity index (χ3v) is 2.84. The third kappa shape index (κ3) is 15.9. The molecule has 0 saturated heterocycles. The van der Waals surface area contributed by atoms with Gasteiger partial charge in [-0.05, 0) is 38.1 Å². The molecule has 0 saturated carbocycles. The van der Waals surface area contributed by atoms with Crippen LogP contribution in [0.4, 0.5) is 0 Å². The van der Waals surface area contributed by atoms with Crippen molar-refractivity contribution in [2.24, 2.45) is 5.92 Å². The first-order chi connectivity index (χ1) is 8.13. The summed E-state index contributed by atoms with van der Waals surface area (Å²) < 4.78 is 5.61. The van der Waals surface area contributed by atoms with Gasteiger partial charge in [-0.15, -0.1) is 0 Å². The first kappa shape index (κ1) is 16.9. The molecule has 0 aromatic carbocycles. The number of nitrogens with one attached hydrogen (secondary N) is 1. The third-order valence-electron chi connectivity index (χ3n) is 2.84. The van der Waals surface area contributed by atoms with Crippen LogP contribution in [-0.4, -0.2) is 25.8 Å². The number of rotatable bonds is 12. The van der Waals surface area contributed by atoms with Gasteiger partial charge in [-0.3, -0.25) is 0 Å². The standard InChI is InChI=1S/C15H33NO/c1-14(2)10-9-13-17-12-8-6-5-7-11-16-15(3)4/h14-16H,5-13H2,1-4H3. The van der Waals surface area contributed by atoms with E-state index in [-0.39, 0.29) is 0 Å². The molecule has 0 aromatic rings. The Balaban J connectivity index is 2.94. The second-order valence-corrected chi connectivity index (χ2v) is 5.67. The van der Waals surface area contributed by atoms with Gasteiger partial charge < -0.3 is 10.1 Å². The average Bonchev–Trinajstić information content (AvgIpc) is 2.25. The summed E-state index contributed by atoms with van der Waals surface area (Å²) in [5.74, 6) is 0.812. The Hall–Kier alpha value is -0.0800. The minimum Gasteiger partial charge on any atom is -0.381 e. The first-order valence-electron chi connectivity index (χ1n) is 7.44. The van der Waals surface area contributed by atoms with E-state index >= 15 is 0 Å². The maximum absolute atomic E-state index is 5.61. The molecule has 104 valence electrons. The highest BCUT2D eigenvalue weighted by Crippen LogP contribution is 2.04. The van der Waals surface area contributed by atoms with Gasteiger partial charge in [0.2, 0.25) is 0 Å². The van der Waals surface area contributed by atoms with Gasteiger partial charge in [0.25, 0.3) is 0 Å². The summed E-state index contributed by atoms with van der Waals surface area (Å²) in [6.45, 7) is 12.0. The lowest BCUT2D eigenvalue weighted by molar-refractivity contribution is 0.124. The largest absolute Gasteiger partial charge is 0.381 e. The van der Waals surface area contributed by atoms with Crippen LogP contribution in [0.1, 0.15) is 66.2 Å². The molecule has 0 atom stereocenters. The van der Waals surface area contributed by atoms with Gasteiger partial charge in [-0.25, -0.2) is 0 Å². The highest BCUT2D eigenvalue weighted by molar-refractivity contribution is 4.53. The van der Waals surface area contributed by atoms with Crippen LogP contribution >= 0.6 is 0 Å². The number of unbranched alkanes of at least 4 members (excludes halogenated alkanes) is 3. The summed E-state index contributed by atoms with van der Waals surface area (Å²) in [5, 5.41) is 3.44. The number of hydrogen-bond donors (Lipinski definition) is 1. The normalized spacial score (nSPS) is 11.6. The zero-order chi connectivity index (χ0) is 12.9. The first-order valence-corrected chi connectivity index (χ1v) is 7.44. The van der Waals surface area contributed by atoms with E-state index < -0.39 is 0 Å². The van der Waals surface area contributed by atoms with Crippen LogP contribution in [0.25, 0.3) is 0 Å². The summed E-state index contributed by atoms with van der Waals surface area (Å²) in [6.07, 6.45) is 7.67. The molecule has 0 bridgehead atoms. The van der Waals surface area contributed by atoms with Crippen molar-refractivity contribution in [1.29, 1.82) is 0 Å². The van der Waals surface area contributed by atoms with E-state index in [0.717, 1.165) is 25.7 Å². The fraction of sp³-hybridized carbons (Fsp3) is 1.00. The molecule has 0 spiro atoms. The summed E-state index contributed by atoms with van der Waals surface area (Å²) >= 11 is 0. The SMILES string of the molecule is CC(C)CCCOCCCCCCNC(C)C. The lowest BCUT2D eigenvalue weighted by atomic mass is 10.1. The minimum atomic E-state index is 0.624. The molecule has 0 unspecified atom stereocenters. The van der Waals surface area contributed by atoms with Crippen LogP contribution in [0, 0.1) is 5.92 Å². The average molecular weight is 243 g/mol. The quantitative estimate of drug-likeness (QED) is 0.523. The second kappa shape index (κ2) is 12.4. The van der Waals surface area contributed by atoms with Crippen molar-refractivity contribution in [3.63, 3.8) is 0 Å². The predicted molar refractivity (Wildman–Crippen MR) is 76.5 cm³/mol. The van der Waals surface area contributed by atoms with Gasteiger partial charge in [0.1, 0.15) is 0 Å². The summed E-state index contributed by atoms with van der Waals surface area (Å²) in [7, 11) is 0. The van der Waals surface area contributed by atoms with E-state index in [0.29, 0.717) is 6.04 Å². The molecule has 17 heavy (non-hydrogen) atoms. The Morgan fingerprint density at radius 3 is 2.12 bits per heavy atom. The Morgan fingerprint density at radius 2 is 1.47 bits per heavy atom. The molecule has 0 aliphatic heterocycles. The van der Waals surface area contributed by atoms with E-state index in [2.05, 4.69) is 33.0 Å². The van der Waals surface area contributed by atoms with Crippen LogP contribution < -0.4 is 5.32 Å². The van der Waals surface area contributed by atoms with Crippen LogP contribution in [0.15, 0.2) is 0 Å². The van der Waals surface area contributed by atoms with Crippen molar-refractivity contribution in [1.82, 2.24) is 5.32 Å². The molecule has 0 rings (SSSR count). The van der Waals surface area contributed by atoms with E-state index in [1.165, 1.54) is 38.5 Å². The molecule has 1 N–H and O–H groups in total. The van der Waals surface area contributed by atoms with Crippen molar-refractivity contribution in [2.45, 2.75) is 72.3 Å². The topological polar surface area (TPSA) is 21.3 Å². The summed E-state index contributed by atoms with van der Waals surface area (Å²) in [6, 6.07) is 0.624. The van der Waals surface area contributed by atoms with Crippen LogP contribution in [0.2, 0.25) is 0 Å². The molecular formula is C15H33NO. The highest BCUT2D eigenvalue weighted by Gasteiger charge is 1.95. The summed E-state index contributed by atoms with van der Waals surface area (Å²) in [5.41, 5.74) is 0. The van der Waals surface area contributed by atoms with Crippen molar-refractivity contribution in [3.8, 4) is 0 Å². The van der Waals surface area contributed by atoms with E-state index in [1.54, 1.807) is 0 Å². The minimum absolute atomic E-state index is 0.624. The smallest absolute Gasteiger partial charge is 0.0466 e. The van der Waals surface area contributed by atoms with E-state index in [4.69, 9.17) is 4.74 Å². The molecule has 0 fully saturated rings. The van der Waals surface area contributed by atoms with Crippen LogP contribution in [0.3, 0.4) is 0 Å². The lowest BCUT2D eigenvalue weighted by Crippen LogP contribution is -2.23. The molecule has 0 aliphatic carbocycles. The molecule has 0 aromatic heterocycles. The van der Waals surface area contributed by atoms with Crippen LogP contribution in [0.5, 0.6) is 0 Å². The second-order valence-electron chi connectivity index (χ2n) is 5.67. The van der Waals surface area contributed by atoms with E-state index in [1.807, 2.05) is 0 Å². The molecule has 0 radical (unpaired) electrons. The fourth-order valence-electron chi connectivity index (χ4n) is 1.77. The van der Waals surface area contributed by atoms with E-state index in [9.17, 15) is 0 Å². The summed E-state index contributed by atoms with van der Waals surface area (Å²) in [4.78, 5) is 0. The predicted octanol–water partition coefficient (Wildman–Crippen LogP) is 4.00. The number of ether oxygens (including phenoxy) is 1. The van der Waals surface area contributed by atoms with Gasteiger partial charge in [0.05, 0.1) is 0 Å². The molecule has 0 aliphatic rings. The van der Waals surface area contributed by atoms with Crippen molar-refractivity contribution in [3.05, 3.63) is 0 Å². The van der Waals surface area contributed by atoms with Gasteiger partial charge in [-0.1, -0.05) is 40.5 Å². The van der Waals surface area contributed by atoms with Crippen LogP contribution in [-0.2, 0) is 4.74 Å². The zero-order valence-electron chi connectivity index (χ0n) is 12.4. The molecule has 2 heteroatoms. The Morgan fingerprint density at radius 1 is 0.824 bits per heavy atom. The highest BCUT2D eigenvalue weighted by atomic mass is 16.5. The van der Waals surface area contributed by atoms with Crippen molar-refractivity contribution >= 4 is 0 Å². The molecule has 0 amide bonds. The van der Waals surface area contributed by atoms with Gasteiger partial charge in [-0.2, -0.15) is 0 Å². The molecule has 2 nitrogen and oxygen atoms in total. The molecule has 0 heterocycles. The Bertz CT molecular complexity index is 130. The zero-order valence-corrected chi connectivity index (χ0v) is 12.4. The maximum Gasteiger partial charge on any atom is 0.0466 e. The molecular weight excluding hydrogens is 210 g/mol. The lowest BCUT2D eigenvalue weighted by Gasteiger charge is -2.08. The fourth-order valence-corrected chi connectivity index (χ4v) is 1.77. The maximum atomic E-state index is 5.61. The van der Waals surface area contributed by atoms with Crippen molar-refractivity contribution < 1.29 is 4.74 Å². The van der Waals surface area contributed by atoms with Crippen molar-refractivity contribution in [2.75, 3.05) is 19.8 Å². The Labute approximate surface area is 109 Å². The van der Waals surface area contributed by atoms with Gasteiger partial charge in [0.15, 0.2) is 0 Å². The number of hydrogen-bond acceptors (Lipinski definition) is 2.